The van der Waals surface area contributed by atoms with E-state index in [-0.39, 0.29) is 11.7 Å². The molecule has 0 aliphatic carbocycles. The van der Waals surface area contributed by atoms with Crippen molar-refractivity contribution in [3.05, 3.63) is 101 Å². The number of ether oxygens (including phenoxy) is 1. The number of amides is 1. The Morgan fingerprint density at radius 2 is 1.52 bits per heavy atom. The molecule has 0 aromatic heterocycles. The third kappa shape index (κ3) is 6.90. The highest BCUT2D eigenvalue weighted by Crippen LogP contribution is 2.19. The lowest BCUT2D eigenvalue weighted by molar-refractivity contribution is 0.0951. The van der Waals surface area contributed by atoms with Crippen LogP contribution in [0.3, 0.4) is 0 Å². The van der Waals surface area contributed by atoms with Gasteiger partial charge in [0, 0.05) is 18.7 Å². The molecule has 1 aliphatic rings. The van der Waals surface area contributed by atoms with Gasteiger partial charge in [-0.15, -0.1) is 0 Å². The van der Waals surface area contributed by atoms with E-state index in [0.29, 0.717) is 18.7 Å². The third-order valence-electron chi connectivity index (χ3n) is 6.19. The van der Waals surface area contributed by atoms with Gasteiger partial charge in [-0.25, -0.2) is 4.39 Å². The number of likely N-dealkylation sites (tertiary alicyclic amines) is 1. The van der Waals surface area contributed by atoms with Gasteiger partial charge in [-0.2, -0.15) is 0 Å². The Bertz CT molecular complexity index is 1030. The number of hydrogen-bond donors (Lipinski definition) is 1. The molecule has 172 valence electrons. The molecular formula is C28H31FN2O2. The van der Waals surface area contributed by atoms with E-state index in [4.69, 9.17) is 4.74 Å². The summed E-state index contributed by atoms with van der Waals surface area (Å²) < 4.78 is 18.7. The topological polar surface area (TPSA) is 41.6 Å². The number of nitrogens with zero attached hydrogens (tertiary/aromatic N) is 1. The summed E-state index contributed by atoms with van der Waals surface area (Å²) in [6.07, 6.45) is 2.53. The van der Waals surface area contributed by atoms with Crippen molar-refractivity contribution in [2.75, 3.05) is 13.1 Å². The molecule has 0 atom stereocenters. The van der Waals surface area contributed by atoms with Crippen LogP contribution in [-0.4, -0.2) is 23.9 Å². The molecule has 33 heavy (non-hydrogen) atoms. The largest absolute Gasteiger partial charge is 0.489 e. The quantitative estimate of drug-likeness (QED) is 0.492. The van der Waals surface area contributed by atoms with Crippen molar-refractivity contribution < 1.29 is 13.9 Å². The Labute approximate surface area is 195 Å². The van der Waals surface area contributed by atoms with E-state index in [0.717, 1.165) is 42.4 Å². The van der Waals surface area contributed by atoms with Crippen LogP contribution in [0.15, 0.2) is 72.8 Å². The maximum atomic E-state index is 13.0. The van der Waals surface area contributed by atoms with Crippen LogP contribution < -0.4 is 10.1 Å². The first-order chi connectivity index (χ1) is 16.0. The minimum atomic E-state index is -0.256. The van der Waals surface area contributed by atoms with Crippen LogP contribution in [-0.2, 0) is 19.7 Å². The van der Waals surface area contributed by atoms with Crippen LogP contribution in [0.4, 0.5) is 4.39 Å². The molecule has 5 heteroatoms. The fourth-order valence-corrected chi connectivity index (χ4v) is 3.98. The summed E-state index contributed by atoms with van der Waals surface area (Å²) in [5.74, 6) is 1.23. The molecule has 3 aromatic carbocycles. The predicted molar refractivity (Wildman–Crippen MR) is 128 cm³/mol. The van der Waals surface area contributed by atoms with Gasteiger partial charge in [0.25, 0.3) is 5.91 Å². The number of nitrogens with one attached hydrogen (secondary N) is 1. The zero-order valence-corrected chi connectivity index (χ0v) is 19.1. The molecule has 0 unspecified atom stereocenters. The average molecular weight is 447 g/mol. The highest BCUT2D eigenvalue weighted by atomic mass is 19.1. The molecule has 1 N–H and O–H groups in total. The van der Waals surface area contributed by atoms with E-state index >= 15 is 0 Å². The SMILES string of the molecule is CC1CCN(Cc2ccc(C(=O)NCc3ccc(OCc4ccc(F)cc4)cc3)cc2)CC1. The number of rotatable bonds is 8. The number of carbonyl (C=O) groups excluding carboxylic acids is 1. The molecule has 1 heterocycles. The van der Waals surface area contributed by atoms with Gasteiger partial charge in [0.1, 0.15) is 18.2 Å². The molecule has 1 fully saturated rings. The molecule has 1 saturated heterocycles. The number of hydrogen-bond acceptors (Lipinski definition) is 3. The van der Waals surface area contributed by atoms with Gasteiger partial charge in [0.05, 0.1) is 0 Å². The molecule has 1 amide bonds. The fraction of sp³-hybridized carbons (Fsp3) is 0.321. The molecule has 4 rings (SSSR count). The Hall–Kier alpha value is -3.18. The Balaban J connectivity index is 1.22. The van der Waals surface area contributed by atoms with Gasteiger partial charge in [-0.05, 0) is 84.9 Å². The number of carbonyl (C=O) groups is 1. The van der Waals surface area contributed by atoms with Gasteiger partial charge in [-0.3, -0.25) is 9.69 Å². The first kappa shape index (κ1) is 23.0. The molecule has 1 aliphatic heterocycles. The van der Waals surface area contributed by atoms with Crippen LogP contribution in [0, 0.1) is 11.7 Å². The van der Waals surface area contributed by atoms with Gasteiger partial charge >= 0.3 is 0 Å². The minimum absolute atomic E-state index is 0.0787. The van der Waals surface area contributed by atoms with Crippen LogP contribution >= 0.6 is 0 Å². The summed E-state index contributed by atoms with van der Waals surface area (Å²) in [6, 6.07) is 21.8. The maximum Gasteiger partial charge on any atom is 0.251 e. The van der Waals surface area contributed by atoms with Crippen molar-refractivity contribution in [1.82, 2.24) is 10.2 Å². The molecule has 4 nitrogen and oxygen atoms in total. The minimum Gasteiger partial charge on any atom is -0.489 e. The summed E-state index contributed by atoms with van der Waals surface area (Å²) in [5, 5.41) is 2.98. The van der Waals surface area contributed by atoms with Crippen molar-refractivity contribution in [3.8, 4) is 5.75 Å². The lowest BCUT2D eigenvalue weighted by Crippen LogP contribution is -2.32. The molecular weight excluding hydrogens is 415 g/mol. The smallest absolute Gasteiger partial charge is 0.251 e. The Kier molecular flexibility index (Phi) is 7.74. The van der Waals surface area contributed by atoms with Crippen molar-refractivity contribution in [2.24, 2.45) is 5.92 Å². The normalized spacial score (nSPS) is 14.7. The molecule has 0 spiro atoms. The average Bonchev–Trinajstić information content (AvgIpc) is 2.85. The van der Waals surface area contributed by atoms with Crippen molar-refractivity contribution >= 4 is 5.91 Å². The van der Waals surface area contributed by atoms with Crippen molar-refractivity contribution in [1.29, 1.82) is 0 Å². The lowest BCUT2D eigenvalue weighted by atomic mass is 9.99. The second-order valence-electron chi connectivity index (χ2n) is 8.90. The van der Waals surface area contributed by atoms with Gasteiger partial charge in [0.2, 0.25) is 0 Å². The summed E-state index contributed by atoms with van der Waals surface area (Å²) >= 11 is 0. The molecule has 0 radical (unpaired) electrons. The highest BCUT2D eigenvalue weighted by Gasteiger charge is 2.15. The number of benzene rings is 3. The monoisotopic (exact) mass is 446 g/mol. The van der Waals surface area contributed by atoms with E-state index in [2.05, 4.69) is 29.3 Å². The Morgan fingerprint density at radius 1 is 0.909 bits per heavy atom. The van der Waals surface area contributed by atoms with E-state index in [9.17, 15) is 9.18 Å². The maximum absolute atomic E-state index is 13.0. The first-order valence-electron chi connectivity index (χ1n) is 11.6. The molecule has 3 aromatic rings. The predicted octanol–water partition coefficient (Wildman–Crippen LogP) is 5.57. The van der Waals surface area contributed by atoms with Gasteiger partial charge in [-0.1, -0.05) is 43.3 Å². The second-order valence-corrected chi connectivity index (χ2v) is 8.90. The standard InChI is InChI=1S/C28H31FN2O2/c1-21-14-16-31(17-15-21)19-23-2-8-25(9-3-23)28(32)30-18-22-6-12-27(13-7-22)33-20-24-4-10-26(29)11-5-24/h2-13,21H,14-20H2,1H3,(H,30,32). The highest BCUT2D eigenvalue weighted by molar-refractivity contribution is 5.94. The zero-order valence-electron chi connectivity index (χ0n) is 19.1. The van der Waals surface area contributed by atoms with Crippen molar-refractivity contribution in [3.63, 3.8) is 0 Å². The van der Waals surface area contributed by atoms with Crippen LogP contribution in [0.25, 0.3) is 0 Å². The van der Waals surface area contributed by atoms with Gasteiger partial charge in [0.15, 0.2) is 0 Å². The van der Waals surface area contributed by atoms with E-state index in [1.165, 1.54) is 30.5 Å². The zero-order chi connectivity index (χ0) is 23.0. The fourth-order valence-electron chi connectivity index (χ4n) is 3.98. The Morgan fingerprint density at radius 3 is 2.18 bits per heavy atom. The summed E-state index contributed by atoms with van der Waals surface area (Å²) in [6.45, 7) is 6.40. The number of piperidine rings is 1. The summed E-state index contributed by atoms with van der Waals surface area (Å²) in [4.78, 5) is 15.0. The third-order valence-corrected chi connectivity index (χ3v) is 6.19. The van der Waals surface area contributed by atoms with Crippen molar-refractivity contribution in [2.45, 2.75) is 39.5 Å². The summed E-state index contributed by atoms with van der Waals surface area (Å²) in [7, 11) is 0. The van der Waals surface area contributed by atoms with Crippen LogP contribution in [0.2, 0.25) is 0 Å². The van der Waals surface area contributed by atoms with Gasteiger partial charge < -0.3 is 10.1 Å². The van der Waals surface area contributed by atoms with Crippen LogP contribution in [0.5, 0.6) is 5.75 Å². The van der Waals surface area contributed by atoms with E-state index < -0.39 is 0 Å². The van der Waals surface area contributed by atoms with Crippen LogP contribution in [0.1, 0.15) is 46.8 Å². The summed E-state index contributed by atoms with van der Waals surface area (Å²) in [5.41, 5.74) is 3.82. The molecule has 0 saturated carbocycles. The lowest BCUT2D eigenvalue weighted by Gasteiger charge is -2.30. The van der Waals surface area contributed by atoms with E-state index in [1.54, 1.807) is 12.1 Å². The number of halogens is 1. The second kappa shape index (κ2) is 11.1. The van der Waals surface area contributed by atoms with E-state index in [1.807, 2.05) is 36.4 Å². The molecule has 0 bridgehead atoms. The first-order valence-corrected chi connectivity index (χ1v) is 11.6.